The number of carbonyl (C=O) groups is 1. The molecular weight excluding hydrogens is 296 g/mol. The second-order valence-electron chi connectivity index (χ2n) is 5.33. The largest absolute Gasteiger partial charge is 0.444 e. The van der Waals surface area contributed by atoms with Crippen molar-refractivity contribution in [1.82, 2.24) is 20.1 Å². The van der Waals surface area contributed by atoms with Gasteiger partial charge < -0.3 is 9.73 Å². The molecule has 0 aromatic carbocycles. The van der Waals surface area contributed by atoms with Crippen LogP contribution in [0.2, 0.25) is 0 Å². The number of carbonyl (C=O) groups excluding carboxylic acids is 1. The van der Waals surface area contributed by atoms with Gasteiger partial charge >= 0.3 is 0 Å². The number of rotatable bonds is 7. The summed E-state index contributed by atoms with van der Waals surface area (Å²) >= 11 is 0. The molecule has 3 heterocycles. The van der Waals surface area contributed by atoms with Gasteiger partial charge in [-0.25, -0.2) is 4.98 Å². The van der Waals surface area contributed by atoms with Crippen molar-refractivity contribution in [2.45, 2.75) is 24.9 Å². The highest BCUT2D eigenvalue weighted by atomic mass is 16.3. The molecule has 0 aliphatic carbocycles. The highest BCUT2D eigenvalue weighted by molar-refractivity contribution is 5.92. The van der Waals surface area contributed by atoms with E-state index in [1.165, 1.54) is 6.26 Å². The third-order valence-electron chi connectivity index (χ3n) is 3.55. The number of nitrogens with zero attached hydrogens (tertiary/aromatic N) is 5. The first kappa shape index (κ1) is 15.0. The minimum Gasteiger partial charge on any atom is -0.444 e. The SMILES string of the molecule is C#CCCC1(CCNC(=O)c2coc(-c3cnn(C)c3)n2)N=N1. The van der Waals surface area contributed by atoms with E-state index in [4.69, 9.17) is 10.8 Å². The first-order valence-corrected chi connectivity index (χ1v) is 7.22. The average molecular weight is 312 g/mol. The molecule has 1 aliphatic rings. The van der Waals surface area contributed by atoms with Crippen molar-refractivity contribution in [3.63, 3.8) is 0 Å². The predicted molar refractivity (Wildman–Crippen MR) is 81.3 cm³/mol. The Bertz CT molecular complexity index is 776. The minimum atomic E-state index is -0.398. The van der Waals surface area contributed by atoms with Crippen LogP contribution in [0.5, 0.6) is 0 Å². The summed E-state index contributed by atoms with van der Waals surface area (Å²) in [7, 11) is 1.80. The molecule has 0 saturated carbocycles. The summed E-state index contributed by atoms with van der Waals surface area (Å²) < 4.78 is 6.95. The number of amides is 1. The lowest BCUT2D eigenvalue weighted by molar-refractivity contribution is 0.0947. The van der Waals surface area contributed by atoms with Gasteiger partial charge in [0.1, 0.15) is 6.26 Å². The topological polar surface area (TPSA) is 97.7 Å². The normalized spacial score (nSPS) is 14.4. The lowest BCUT2D eigenvalue weighted by Crippen LogP contribution is -2.28. The molecular formula is C15H16N6O2. The fourth-order valence-corrected chi connectivity index (χ4v) is 2.18. The van der Waals surface area contributed by atoms with Gasteiger partial charge in [0.05, 0.1) is 11.8 Å². The molecule has 0 bridgehead atoms. The molecule has 1 amide bonds. The van der Waals surface area contributed by atoms with Gasteiger partial charge in [-0.2, -0.15) is 15.3 Å². The maximum atomic E-state index is 12.1. The summed E-state index contributed by atoms with van der Waals surface area (Å²) in [6.45, 7) is 0.450. The minimum absolute atomic E-state index is 0.228. The molecule has 118 valence electrons. The number of aromatic nitrogens is 3. The van der Waals surface area contributed by atoms with E-state index in [0.29, 0.717) is 31.7 Å². The molecule has 23 heavy (non-hydrogen) atoms. The number of hydrogen-bond acceptors (Lipinski definition) is 6. The first-order chi connectivity index (χ1) is 11.1. The Balaban J connectivity index is 1.51. The Kier molecular flexibility index (Phi) is 3.93. The van der Waals surface area contributed by atoms with Gasteiger partial charge in [0.2, 0.25) is 5.89 Å². The van der Waals surface area contributed by atoms with Gasteiger partial charge in [0.25, 0.3) is 5.91 Å². The quantitative estimate of drug-likeness (QED) is 0.788. The van der Waals surface area contributed by atoms with Crippen LogP contribution in [-0.4, -0.2) is 32.9 Å². The predicted octanol–water partition coefficient (Wildman–Crippen LogP) is 1.77. The number of terminal acetylenes is 1. The molecule has 0 saturated heterocycles. The molecule has 0 atom stereocenters. The molecule has 0 unspecified atom stereocenters. The van der Waals surface area contributed by atoms with Gasteiger partial charge in [0, 0.05) is 39.1 Å². The van der Waals surface area contributed by atoms with E-state index in [-0.39, 0.29) is 11.6 Å². The average Bonchev–Trinajstić information content (AvgIpc) is 2.96. The second-order valence-corrected chi connectivity index (χ2v) is 5.33. The van der Waals surface area contributed by atoms with Crippen LogP contribution in [0.4, 0.5) is 0 Å². The third-order valence-corrected chi connectivity index (χ3v) is 3.55. The molecule has 0 spiro atoms. The van der Waals surface area contributed by atoms with Crippen LogP contribution < -0.4 is 5.32 Å². The Labute approximate surface area is 133 Å². The van der Waals surface area contributed by atoms with E-state index < -0.39 is 5.66 Å². The molecule has 1 N–H and O–H groups in total. The summed E-state index contributed by atoms with van der Waals surface area (Å²) in [5.41, 5.74) is 0.547. The lowest BCUT2D eigenvalue weighted by Gasteiger charge is -2.08. The molecule has 3 rings (SSSR count). The highest BCUT2D eigenvalue weighted by Crippen LogP contribution is 2.36. The van der Waals surface area contributed by atoms with Gasteiger partial charge in [0.15, 0.2) is 11.4 Å². The molecule has 2 aromatic heterocycles. The van der Waals surface area contributed by atoms with Gasteiger partial charge in [-0.05, 0) is 0 Å². The van der Waals surface area contributed by atoms with Gasteiger partial charge in [-0.15, -0.1) is 12.3 Å². The monoisotopic (exact) mass is 312 g/mol. The van der Waals surface area contributed by atoms with E-state index in [1.807, 2.05) is 0 Å². The van der Waals surface area contributed by atoms with Crippen molar-refractivity contribution in [2.75, 3.05) is 6.54 Å². The number of aryl methyl sites for hydroxylation is 1. The summed E-state index contributed by atoms with van der Waals surface area (Å²) in [6.07, 6.45) is 11.9. The van der Waals surface area contributed by atoms with Crippen LogP contribution in [-0.2, 0) is 7.05 Å². The van der Waals surface area contributed by atoms with Crippen molar-refractivity contribution in [3.05, 3.63) is 24.4 Å². The van der Waals surface area contributed by atoms with Crippen molar-refractivity contribution >= 4 is 5.91 Å². The molecule has 8 nitrogen and oxygen atoms in total. The van der Waals surface area contributed by atoms with Gasteiger partial charge in [-0.3, -0.25) is 9.48 Å². The van der Waals surface area contributed by atoms with Crippen molar-refractivity contribution < 1.29 is 9.21 Å². The maximum Gasteiger partial charge on any atom is 0.273 e. The molecule has 0 radical (unpaired) electrons. The van der Waals surface area contributed by atoms with E-state index in [0.717, 1.165) is 5.56 Å². The second kappa shape index (κ2) is 6.04. The van der Waals surface area contributed by atoms with Gasteiger partial charge in [-0.1, -0.05) is 0 Å². The zero-order chi connectivity index (χ0) is 16.3. The zero-order valence-corrected chi connectivity index (χ0v) is 12.7. The Hall–Kier alpha value is -2.95. The van der Waals surface area contributed by atoms with Crippen LogP contribution in [0.25, 0.3) is 11.5 Å². The summed E-state index contributed by atoms with van der Waals surface area (Å²) in [6, 6.07) is 0. The third kappa shape index (κ3) is 3.45. The summed E-state index contributed by atoms with van der Waals surface area (Å²) in [5.74, 6) is 2.64. The van der Waals surface area contributed by atoms with Crippen molar-refractivity contribution in [3.8, 4) is 23.8 Å². The molecule has 8 heteroatoms. The van der Waals surface area contributed by atoms with Crippen LogP contribution in [0.3, 0.4) is 0 Å². The highest BCUT2D eigenvalue weighted by Gasteiger charge is 2.38. The van der Waals surface area contributed by atoms with E-state index in [9.17, 15) is 4.79 Å². The first-order valence-electron chi connectivity index (χ1n) is 7.22. The lowest BCUT2D eigenvalue weighted by atomic mass is 10.0. The standard InChI is InChI=1S/C15H16N6O2/c1-3-4-5-15(19-20-15)6-7-16-13(22)12-10-23-14(18-12)11-8-17-21(2)9-11/h1,8-10H,4-7H2,2H3,(H,16,22). The smallest absolute Gasteiger partial charge is 0.273 e. The number of hydrogen-bond donors (Lipinski definition) is 1. The zero-order valence-electron chi connectivity index (χ0n) is 12.7. The van der Waals surface area contributed by atoms with E-state index in [2.05, 4.69) is 31.5 Å². The number of oxazole rings is 1. The Morgan fingerprint density at radius 2 is 2.30 bits per heavy atom. The van der Waals surface area contributed by atoms with E-state index >= 15 is 0 Å². The van der Waals surface area contributed by atoms with Crippen LogP contribution in [0.1, 0.15) is 29.8 Å². The van der Waals surface area contributed by atoms with Crippen molar-refractivity contribution in [2.24, 2.45) is 17.3 Å². The van der Waals surface area contributed by atoms with E-state index in [1.54, 1.807) is 24.1 Å². The summed E-state index contributed by atoms with van der Waals surface area (Å²) in [4.78, 5) is 16.2. The molecule has 0 fully saturated rings. The fraction of sp³-hybridized carbons (Fsp3) is 0.400. The van der Waals surface area contributed by atoms with Crippen LogP contribution in [0.15, 0.2) is 33.3 Å². The van der Waals surface area contributed by atoms with Crippen LogP contribution >= 0.6 is 0 Å². The van der Waals surface area contributed by atoms with Crippen LogP contribution in [0, 0.1) is 12.3 Å². The maximum absolute atomic E-state index is 12.1. The summed E-state index contributed by atoms with van der Waals surface area (Å²) in [5, 5.41) is 14.9. The molecule has 2 aromatic rings. The number of nitrogens with one attached hydrogen (secondary N) is 1. The fourth-order valence-electron chi connectivity index (χ4n) is 2.18. The Morgan fingerprint density at radius 3 is 2.96 bits per heavy atom. The molecule has 1 aliphatic heterocycles. The van der Waals surface area contributed by atoms with Crippen molar-refractivity contribution in [1.29, 1.82) is 0 Å². The Morgan fingerprint density at radius 1 is 1.48 bits per heavy atom.